The van der Waals surface area contributed by atoms with Gasteiger partial charge in [-0.15, -0.1) is 0 Å². The first-order valence-corrected chi connectivity index (χ1v) is 19.5. The summed E-state index contributed by atoms with van der Waals surface area (Å²) in [7, 11) is -1.66. The van der Waals surface area contributed by atoms with Crippen molar-refractivity contribution in [3.8, 4) is 0 Å². The van der Waals surface area contributed by atoms with Crippen LogP contribution in [0.25, 0.3) is 0 Å². The zero-order chi connectivity index (χ0) is 27.8. The summed E-state index contributed by atoms with van der Waals surface area (Å²) in [5, 5.41) is 0. The van der Waals surface area contributed by atoms with Gasteiger partial charge in [-0.2, -0.15) is 0 Å². The molecule has 18 heteroatoms. The zero-order valence-corrected chi connectivity index (χ0v) is 26.0. The maximum Gasteiger partial charge on any atom is 0.705 e. The number of hydrogen-bond acceptors (Lipinski definition) is 16. The molecule has 0 radical (unpaired) electrons. The van der Waals surface area contributed by atoms with Crippen LogP contribution in [0.15, 0.2) is 0 Å². The van der Waals surface area contributed by atoms with Gasteiger partial charge in [0, 0.05) is 53.0 Å². The molecule has 0 heterocycles. The average Bonchev–Trinajstić information content (AvgIpc) is 2.65. The molecule has 0 aliphatic rings. The molecule has 0 aliphatic heterocycles. The molecule has 0 amide bonds. The van der Waals surface area contributed by atoms with Crippen molar-refractivity contribution in [2.45, 2.75) is 66.5 Å². The molecule has 0 atom stereocenters. The third-order valence-electron chi connectivity index (χ3n) is 3.34. The Morgan fingerprint density at radius 3 is 0.889 bits per heavy atom. The fraction of sp³-hybridized carbons (Fsp3) is 0.667. The van der Waals surface area contributed by atoms with E-state index in [4.69, 9.17) is 26.6 Å². The topological polar surface area (TPSA) is 158 Å². The molecule has 12 nitrogen and oxygen atoms in total. The van der Waals surface area contributed by atoms with Crippen molar-refractivity contribution in [3.63, 3.8) is 0 Å². The standard InChI is InChI=1S/C18H30O12S4Si2/c1-13(19)25-35(26-14(2)20,27-15(3)21)11-7-9-31-33-34-32-10-8-12-36(28-16(4)22,29-17(5)23)30-18(6)24/h7-12H2,1-6H3. The second-order valence-corrected chi connectivity index (χ2v) is 18.1. The number of hydrogen-bond donors (Lipinski definition) is 0. The average molecular weight is 623 g/mol. The van der Waals surface area contributed by atoms with Gasteiger partial charge in [0.1, 0.15) is 0 Å². The zero-order valence-electron chi connectivity index (χ0n) is 20.8. The first kappa shape index (κ1) is 34.7. The number of rotatable bonds is 17. The third kappa shape index (κ3) is 17.2. The van der Waals surface area contributed by atoms with Crippen LogP contribution in [0.4, 0.5) is 0 Å². The largest absolute Gasteiger partial charge is 0.705 e. The van der Waals surface area contributed by atoms with Gasteiger partial charge in [0.2, 0.25) is 0 Å². The minimum absolute atomic E-state index is 0.103. The lowest BCUT2D eigenvalue weighted by molar-refractivity contribution is -0.151. The SMILES string of the molecule is CC(=O)O[Si](CCCSSSSCCC[Si](OC(C)=O)(OC(C)=O)OC(C)=O)(OC(C)=O)OC(C)=O. The van der Waals surface area contributed by atoms with Gasteiger partial charge in [0.25, 0.3) is 35.8 Å². The van der Waals surface area contributed by atoms with Crippen LogP contribution in [0.1, 0.15) is 54.4 Å². The maximum atomic E-state index is 11.4. The van der Waals surface area contributed by atoms with Crippen LogP contribution in [0.5, 0.6) is 0 Å². The van der Waals surface area contributed by atoms with Crippen molar-refractivity contribution in [1.82, 2.24) is 0 Å². The molecule has 0 aromatic rings. The van der Waals surface area contributed by atoms with Crippen molar-refractivity contribution >= 4 is 94.7 Å². The Kier molecular flexibility index (Phi) is 17.3. The second kappa shape index (κ2) is 18.0. The Morgan fingerprint density at radius 1 is 0.472 bits per heavy atom. The summed E-state index contributed by atoms with van der Waals surface area (Å²) in [5.41, 5.74) is 0. The highest BCUT2D eigenvalue weighted by Crippen LogP contribution is 2.44. The van der Waals surface area contributed by atoms with Crippen LogP contribution in [0, 0.1) is 0 Å². The highest BCUT2D eigenvalue weighted by molar-refractivity contribution is 9.26. The lowest BCUT2D eigenvalue weighted by atomic mass is 10.6. The van der Waals surface area contributed by atoms with Gasteiger partial charge >= 0.3 is 17.6 Å². The summed E-state index contributed by atoms with van der Waals surface area (Å²) in [6, 6.07) is 0.207. The third-order valence-corrected chi connectivity index (χ3v) is 15.5. The Bertz CT molecular complexity index is 652. The summed E-state index contributed by atoms with van der Waals surface area (Å²) in [6.07, 6.45) is 0.925. The van der Waals surface area contributed by atoms with Crippen molar-refractivity contribution in [2.75, 3.05) is 11.5 Å². The van der Waals surface area contributed by atoms with Gasteiger partial charge in [0.05, 0.1) is 12.1 Å². The molecular weight excluding hydrogens is 593 g/mol. The van der Waals surface area contributed by atoms with Crippen LogP contribution in [-0.4, -0.2) is 64.9 Å². The monoisotopic (exact) mass is 622 g/mol. The Labute approximate surface area is 227 Å². The molecule has 0 aromatic heterocycles. The van der Waals surface area contributed by atoms with E-state index in [1.54, 1.807) is 0 Å². The van der Waals surface area contributed by atoms with Gasteiger partial charge in [-0.25, -0.2) is 0 Å². The quantitative estimate of drug-likeness (QED) is 0.131. The summed E-state index contributed by atoms with van der Waals surface area (Å²) in [4.78, 5) is 68.7. The molecule has 0 rings (SSSR count). The summed E-state index contributed by atoms with van der Waals surface area (Å²) >= 11 is 0. The van der Waals surface area contributed by atoms with Gasteiger partial charge in [-0.05, 0) is 32.5 Å². The summed E-state index contributed by atoms with van der Waals surface area (Å²) in [5.74, 6) is -3.05. The predicted octanol–water partition coefficient (Wildman–Crippen LogP) is 3.70. The Balaban J connectivity index is 4.52. The van der Waals surface area contributed by atoms with Crippen molar-refractivity contribution < 1.29 is 55.3 Å². The second-order valence-electron chi connectivity index (χ2n) is 6.92. The lowest BCUT2D eigenvalue weighted by Gasteiger charge is -2.26. The highest BCUT2D eigenvalue weighted by Gasteiger charge is 2.52. The van der Waals surface area contributed by atoms with E-state index in [1.165, 1.54) is 41.2 Å². The molecule has 36 heavy (non-hydrogen) atoms. The van der Waals surface area contributed by atoms with Gasteiger partial charge < -0.3 is 26.6 Å². The fourth-order valence-corrected chi connectivity index (χ4v) is 13.9. The van der Waals surface area contributed by atoms with E-state index in [-0.39, 0.29) is 12.1 Å². The van der Waals surface area contributed by atoms with Crippen molar-refractivity contribution in [1.29, 1.82) is 0 Å². The number of carbonyl (C=O) groups excluding carboxylic acids is 6. The van der Waals surface area contributed by atoms with E-state index in [2.05, 4.69) is 0 Å². The fourth-order valence-electron chi connectivity index (χ4n) is 2.55. The summed E-state index contributed by atoms with van der Waals surface area (Å²) in [6.45, 7) is 6.86. The number of carbonyl (C=O) groups is 6. The summed E-state index contributed by atoms with van der Waals surface area (Å²) < 4.78 is 30.8. The van der Waals surface area contributed by atoms with E-state index >= 15 is 0 Å². The minimum atomic E-state index is -3.81. The molecule has 0 aromatic carbocycles. The molecule has 0 spiro atoms. The van der Waals surface area contributed by atoms with Crippen LogP contribution in [0.3, 0.4) is 0 Å². The van der Waals surface area contributed by atoms with Gasteiger partial charge in [-0.1, -0.05) is 21.6 Å². The van der Waals surface area contributed by atoms with Crippen LogP contribution < -0.4 is 0 Å². The highest BCUT2D eigenvalue weighted by atomic mass is 33.7. The first-order chi connectivity index (χ1) is 16.7. The minimum Gasteiger partial charge on any atom is -0.455 e. The van der Waals surface area contributed by atoms with E-state index in [1.807, 2.05) is 0 Å². The molecule has 0 unspecified atom stereocenters. The van der Waals surface area contributed by atoms with Crippen LogP contribution in [-0.2, 0) is 55.3 Å². The van der Waals surface area contributed by atoms with Gasteiger partial charge in [-0.3, -0.25) is 28.8 Å². The molecule has 0 saturated heterocycles. The Hall–Kier alpha value is -1.35. The lowest BCUT2D eigenvalue weighted by Crippen LogP contribution is -2.49. The normalized spacial score (nSPS) is 11.2. The first-order valence-electron chi connectivity index (χ1n) is 10.5. The van der Waals surface area contributed by atoms with E-state index in [0.29, 0.717) is 24.3 Å². The van der Waals surface area contributed by atoms with Crippen LogP contribution >= 0.6 is 41.2 Å². The molecular formula is C18H30O12S4Si2. The molecule has 0 saturated carbocycles. The Morgan fingerprint density at radius 2 is 0.694 bits per heavy atom. The smallest absolute Gasteiger partial charge is 0.455 e. The molecule has 0 bridgehead atoms. The molecule has 0 fully saturated rings. The molecule has 0 aliphatic carbocycles. The molecule has 206 valence electrons. The molecule has 0 N–H and O–H groups in total. The van der Waals surface area contributed by atoms with E-state index < -0.39 is 53.4 Å². The van der Waals surface area contributed by atoms with Gasteiger partial charge in [0.15, 0.2) is 0 Å². The predicted molar refractivity (Wildman–Crippen MR) is 141 cm³/mol. The van der Waals surface area contributed by atoms with Crippen molar-refractivity contribution in [3.05, 3.63) is 0 Å². The van der Waals surface area contributed by atoms with Crippen LogP contribution in [0.2, 0.25) is 12.1 Å². The van der Waals surface area contributed by atoms with E-state index in [0.717, 1.165) is 41.5 Å². The van der Waals surface area contributed by atoms with E-state index in [9.17, 15) is 28.8 Å². The maximum absolute atomic E-state index is 11.4. The van der Waals surface area contributed by atoms with Crippen molar-refractivity contribution in [2.24, 2.45) is 0 Å².